The van der Waals surface area contributed by atoms with Crippen LogP contribution in [0, 0.1) is 52.3 Å². The van der Waals surface area contributed by atoms with Crippen LogP contribution in [0.2, 0.25) is 0 Å². The van der Waals surface area contributed by atoms with E-state index in [1.807, 2.05) is 0 Å². The summed E-state index contributed by atoms with van der Waals surface area (Å²) in [5, 5.41) is 22.0. The van der Waals surface area contributed by atoms with Gasteiger partial charge in [0.05, 0.1) is 12.6 Å². The maximum absolute atomic E-state index is 12.7. The molecular formula is C40H68N2O5Y. The number of rotatable bonds is 14. The first-order chi connectivity index (χ1) is 22.5. The summed E-state index contributed by atoms with van der Waals surface area (Å²) in [6, 6.07) is -0.170. The van der Waals surface area contributed by atoms with E-state index in [2.05, 4.69) is 46.0 Å². The number of unbranched alkanes of at least 4 members (excludes halogenated alkanes) is 2. The maximum Gasteiger partial charge on any atom is 0.407 e. The number of fused-ring (bicyclic) bond motifs is 5. The number of hydrogen-bond donors (Lipinski definition) is 3. The van der Waals surface area contributed by atoms with Crippen molar-refractivity contribution in [2.24, 2.45) is 52.3 Å². The molecule has 0 spiro atoms. The summed E-state index contributed by atoms with van der Waals surface area (Å²) in [4.78, 5) is 27.1. The molecule has 10 atom stereocenters. The average molecular weight is 746 g/mol. The predicted octanol–water partition coefficient (Wildman–Crippen LogP) is 7.88. The third kappa shape index (κ3) is 8.92. The van der Waals surface area contributed by atoms with Gasteiger partial charge >= 0.3 is 6.09 Å². The van der Waals surface area contributed by atoms with Gasteiger partial charge in [0.2, 0.25) is 5.91 Å². The van der Waals surface area contributed by atoms with Gasteiger partial charge in [-0.25, -0.2) is 4.79 Å². The Hall–Kier alpha value is -0.496. The van der Waals surface area contributed by atoms with Gasteiger partial charge < -0.3 is 25.2 Å². The Labute approximate surface area is 317 Å². The molecule has 48 heavy (non-hydrogen) atoms. The molecular weight excluding hydrogens is 677 g/mol. The number of likely N-dealkylation sites (tertiary alicyclic amines) is 1. The van der Waals surface area contributed by atoms with E-state index in [-0.39, 0.29) is 81.4 Å². The van der Waals surface area contributed by atoms with E-state index in [1.54, 1.807) is 10.5 Å². The van der Waals surface area contributed by atoms with Gasteiger partial charge in [-0.3, -0.25) is 4.79 Å². The van der Waals surface area contributed by atoms with Crippen LogP contribution in [-0.2, 0) is 42.2 Å². The number of nitrogens with zero attached hydrogens (tertiary/aromatic N) is 1. The monoisotopic (exact) mass is 745 g/mol. The molecule has 5 rings (SSSR count). The van der Waals surface area contributed by atoms with Crippen LogP contribution in [0.5, 0.6) is 0 Å². The summed E-state index contributed by atoms with van der Waals surface area (Å²) in [7, 11) is 0. The quantitative estimate of drug-likeness (QED) is 0.124. The summed E-state index contributed by atoms with van der Waals surface area (Å²) in [5.74, 6) is 5.11. The molecule has 3 N–H and O–H groups in total. The molecule has 1 aliphatic heterocycles. The number of nitrogens with one attached hydrogen (secondary N) is 1. The number of carbonyl (C=O) groups is 2. The fraction of sp³-hybridized carbons (Fsp3) is 0.900. The number of allylic oxidation sites excluding steroid dienone is 1. The Kier molecular flexibility index (Phi) is 15.0. The maximum atomic E-state index is 12.7. The van der Waals surface area contributed by atoms with Crippen LogP contribution in [0.25, 0.3) is 0 Å². The normalized spacial score (nSPS) is 36.4. The van der Waals surface area contributed by atoms with Crippen molar-refractivity contribution in [3.05, 3.63) is 11.6 Å². The molecule has 3 saturated carbocycles. The molecule has 0 aromatic carbocycles. The Balaban J connectivity index is 0.00000520. The molecule has 0 aromatic rings. The summed E-state index contributed by atoms with van der Waals surface area (Å²) in [5.41, 5.74) is 2.32. The van der Waals surface area contributed by atoms with Crippen molar-refractivity contribution in [3.8, 4) is 0 Å². The van der Waals surface area contributed by atoms with Gasteiger partial charge in [-0.1, -0.05) is 72.0 Å². The van der Waals surface area contributed by atoms with Crippen molar-refractivity contribution in [3.63, 3.8) is 0 Å². The van der Waals surface area contributed by atoms with E-state index in [9.17, 15) is 19.8 Å². The van der Waals surface area contributed by atoms with Crippen LogP contribution in [0.4, 0.5) is 4.79 Å². The van der Waals surface area contributed by atoms with Crippen LogP contribution in [0.15, 0.2) is 11.6 Å². The first kappa shape index (κ1) is 40.3. The van der Waals surface area contributed by atoms with Crippen molar-refractivity contribution in [1.29, 1.82) is 0 Å². The van der Waals surface area contributed by atoms with Crippen LogP contribution >= 0.6 is 0 Å². The Morgan fingerprint density at radius 1 is 0.979 bits per heavy atom. The van der Waals surface area contributed by atoms with E-state index >= 15 is 0 Å². The zero-order valence-electron chi connectivity index (χ0n) is 31.1. The van der Waals surface area contributed by atoms with E-state index in [0.29, 0.717) is 31.3 Å². The minimum atomic E-state index is -0.310. The van der Waals surface area contributed by atoms with Crippen molar-refractivity contribution in [2.45, 2.75) is 149 Å². The standard InChI is InChI=1S/C40H68N2O5.Y/c1-27(2)10-9-11-28(3)34-15-16-35-33-14-13-30-23-32(17-19-39(30,4)36(33)18-20-40(34,35)5)47-38(46)41-21-8-6-7-12-37(45)42-24-29(25-43)22-31(42)26-44;/h13,27-29,31-36,43-44H,6-12,14-26H2,1-5H3,(H,41,46);/t28-,29-,31+,32+,33?,34-,35?,36?,39+,40-;/m1./s1. The average Bonchev–Trinajstić information content (AvgIpc) is 3.63. The number of aliphatic hydroxyl groups is 2. The summed E-state index contributed by atoms with van der Waals surface area (Å²) in [6.07, 6.45) is 19.7. The largest absolute Gasteiger partial charge is 0.446 e. The predicted molar refractivity (Wildman–Crippen MR) is 188 cm³/mol. The van der Waals surface area contributed by atoms with Gasteiger partial charge in [0.1, 0.15) is 6.10 Å². The van der Waals surface area contributed by atoms with Crippen LogP contribution in [0.1, 0.15) is 137 Å². The van der Waals surface area contributed by atoms with Gasteiger partial charge in [0.15, 0.2) is 0 Å². The molecule has 8 heteroatoms. The SMILES string of the molecule is CC(C)CCC[C@@H](C)[C@H]1CCC2C3CC=C4C[C@@H](OC(=O)NCCCCCC(=O)N5C[C@H](CO)C[C@H]5CO)CC[C@]4(C)C3CC[C@@]21C.[Y]. The number of ether oxygens (including phenoxy) is 1. The number of aliphatic hydroxyl groups excluding tert-OH is 2. The minimum Gasteiger partial charge on any atom is -0.446 e. The topological polar surface area (TPSA) is 99.1 Å². The molecule has 0 aromatic heterocycles. The molecule has 1 saturated heterocycles. The van der Waals surface area contributed by atoms with Gasteiger partial charge in [-0.2, -0.15) is 0 Å². The van der Waals surface area contributed by atoms with Crippen molar-refractivity contribution >= 4 is 12.0 Å². The summed E-state index contributed by atoms with van der Waals surface area (Å²) < 4.78 is 5.96. The second-order valence-corrected chi connectivity index (χ2v) is 17.5. The molecule has 5 aliphatic rings. The Morgan fingerprint density at radius 2 is 1.77 bits per heavy atom. The van der Waals surface area contributed by atoms with Crippen LogP contribution < -0.4 is 5.32 Å². The fourth-order valence-electron chi connectivity index (χ4n) is 11.5. The van der Waals surface area contributed by atoms with Gasteiger partial charge in [-0.15, -0.1) is 0 Å². The number of carbonyl (C=O) groups excluding carboxylic acids is 2. The zero-order valence-corrected chi connectivity index (χ0v) is 33.9. The molecule has 4 aliphatic carbocycles. The molecule has 7 nitrogen and oxygen atoms in total. The van der Waals surface area contributed by atoms with Crippen molar-refractivity contribution < 1.29 is 57.2 Å². The summed E-state index contributed by atoms with van der Waals surface area (Å²) >= 11 is 0. The second kappa shape index (κ2) is 17.8. The number of amides is 2. The Bertz CT molecular complexity index is 1100. The molecule has 4 fully saturated rings. The number of alkyl carbamates (subject to hydrolysis) is 1. The molecule has 1 heterocycles. The third-order valence-electron chi connectivity index (χ3n) is 14.2. The zero-order chi connectivity index (χ0) is 33.8. The minimum absolute atomic E-state index is 0. The smallest absolute Gasteiger partial charge is 0.407 e. The first-order valence-corrected chi connectivity index (χ1v) is 19.6. The van der Waals surface area contributed by atoms with Gasteiger partial charge in [0.25, 0.3) is 0 Å². The van der Waals surface area contributed by atoms with Crippen LogP contribution in [-0.4, -0.2) is 65.6 Å². The molecule has 3 unspecified atom stereocenters. The molecule has 0 bridgehead atoms. The fourth-order valence-corrected chi connectivity index (χ4v) is 11.5. The summed E-state index contributed by atoms with van der Waals surface area (Å²) in [6.45, 7) is 13.6. The van der Waals surface area contributed by atoms with Crippen LogP contribution in [0.3, 0.4) is 0 Å². The van der Waals surface area contributed by atoms with E-state index in [0.717, 1.165) is 74.0 Å². The van der Waals surface area contributed by atoms with Gasteiger partial charge in [-0.05, 0) is 111 Å². The van der Waals surface area contributed by atoms with Crippen molar-refractivity contribution in [1.82, 2.24) is 10.2 Å². The first-order valence-electron chi connectivity index (χ1n) is 19.6. The molecule has 1 radical (unpaired) electrons. The number of hydrogen-bond acceptors (Lipinski definition) is 5. The van der Waals surface area contributed by atoms with E-state index < -0.39 is 0 Å². The molecule has 2 amide bonds. The Morgan fingerprint density at radius 3 is 2.50 bits per heavy atom. The van der Waals surface area contributed by atoms with E-state index in [1.165, 1.54) is 51.4 Å². The third-order valence-corrected chi connectivity index (χ3v) is 14.2. The second-order valence-electron chi connectivity index (χ2n) is 17.5. The van der Waals surface area contributed by atoms with Gasteiger partial charge in [0, 0.05) is 71.2 Å². The van der Waals surface area contributed by atoms with E-state index in [4.69, 9.17) is 4.74 Å². The molecule has 271 valence electrons. The van der Waals surface area contributed by atoms with Crippen molar-refractivity contribution in [2.75, 3.05) is 26.3 Å².